The predicted molar refractivity (Wildman–Crippen MR) is 120 cm³/mol. The number of nitrogens with zero attached hydrogens (tertiary/aromatic N) is 6. The third kappa shape index (κ3) is 4.11. The number of aryl methyl sites for hydroxylation is 3. The van der Waals surface area contributed by atoms with Crippen molar-refractivity contribution in [3.8, 4) is 22.9 Å². The molecule has 9 nitrogen and oxygen atoms in total. The molecule has 2 aromatic heterocycles. The number of hydrogen-bond acceptors (Lipinski definition) is 6. The summed E-state index contributed by atoms with van der Waals surface area (Å²) < 4.78 is 16.0. The van der Waals surface area contributed by atoms with Gasteiger partial charge < -0.3 is 9.47 Å². The van der Waals surface area contributed by atoms with Crippen molar-refractivity contribution < 1.29 is 9.47 Å². The van der Waals surface area contributed by atoms with Gasteiger partial charge in [0.2, 0.25) is 0 Å². The molecule has 32 heavy (non-hydrogen) atoms. The number of tetrazole rings is 1. The van der Waals surface area contributed by atoms with Crippen molar-refractivity contribution in [2.45, 2.75) is 27.4 Å². The molecular formula is C22H23ClN6O3. The van der Waals surface area contributed by atoms with Crippen molar-refractivity contribution in [1.29, 1.82) is 0 Å². The molecule has 0 aliphatic carbocycles. The van der Waals surface area contributed by atoms with Crippen LogP contribution in [0.1, 0.15) is 23.9 Å². The Kier molecular flexibility index (Phi) is 6.00. The molecule has 4 aromatic rings. The molecule has 0 saturated carbocycles. The van der Waals surface area contributed by atoms with E-state index in [1.165, 1.54) is 4.68 Å². The summed E-state index contributed by atoms with van der Waals surface area (Å²) in [5.74, 6) is 1.10. The Labute approximate surface area is 189 Å². The largest absolute Gasteiger partial charge is 0.493 e. The molecule has 0 radical (unpaired) electrons. The highest BCUT2D eigenvalue weighted by atomic mass is 35.5. The first kappa shape index (κ1) is 21.6. The van der Waals surface area contributed by atoms with Crippen molar-refractivity contribution in [1.82, 2.24) is 29.6 Å². The van der Waals surface area contributed by atoms with E-state index >= 15 is 0 Å². The fraction of sp³-hybridized carbons (Fsp3) is 0.273. The zero-order valence-electron chi connectivity index (χ0n) is 18.2. The SMILES string of the molecule is CCOc1cccc(-n2nnn(C)c2=O)c1COc1ccc(-n2nc(C)cc2C)cc1Cl. The lowest BCUT2D eigenvalue weighted by molar-refractivity contribution is 0.285. The molecule has 0 bridgehead atoms. The lowest BCUT2D eigenvalue weighted by Gasteiger charge is -2.16. The van der Waals surface area contributed by atoms with Gasteiger partial charge in [-0.1, -0.05) is 17.7 Å². The Morgan fingerprint density at radius 3 is 2.44 bits per heavy atom. The minimum absolute atomic E-state index is 0.119. The van der Waals surface area contributed by atoms with Gasteiger partial charge in [-0.15, -0.1) is 0 Å². The summed E-state index contributed by atoms with van der Waals surface area (Å²) in [6.07, 6.45) is 0. The Balaban J connectivity index is 1.65. The number of halogens is 1. The van der Waals surface area contributed by atoms with Crippen LogP contribution in [0.15, 0.2) is 47.3 Å². The lowest BCUT2D eigenvalue weighted by atomic mass is 10.1. The first-order valence-corrected chi connectivity index (χ1v) is 10.5. The van der Waals surface area contributed by atoms with Crippen LogP contribution in [0.4, 0.5) is 0 Å². The Hall–Kier alpha value is -3.59. The first-order valence-electron chi connectivity index (χ1n) is 10.1. The summed E-state index contributed by atoms with van der Waals surface area (Å²) in [5, 5.41) is 12.7. The maximum absolute atomic E-state index is 12.4. The normalized spacial score (nSPS) is 11.0. The highest BCUT2D eigenvalue weighted by Gasteiger charge is 2.17. The second-order valence-electron chi connectivity index (χ2n) is 7.23. The maximum atomic E-state index is 12.4. The molecule has 0 atom stereocenters. The van der Waals surface area contributed by atoms with Crippen molar-refractivity contribution >= 4 is 11.6 Å². The van der Waals surface area contributed by atoms with Crippen molar-refractivity contribution in [2.24, 2.45) is 7.05 Å². The predicted octanol–water partition coefficient (Wildman–Crippen LogP) is 3.40. The molecule has 4 rings (SSSR count). The highest BCUT2D eigenvalue weighted by molar-refractivity contribution is 6.32. The van der Waals surface area contributed by atoms with E-state index < -0.39 is 0 Å². The molecule has 166 valence electrons. The second kappa shape index (κ2) is 8.88. The Bertz CT molecular complexity index is 1320. The molecule has 0 fully saturated rings. The smallest absolute Gasteiger partial charge is 0.368 e. The van der Waals surface area contributed by atoms with E-state index in [-0.39, 0.29) is 12.3 Å². The average molecular weight is 455 g/mol. The monoisotopic (exact) mass is 454 g/mol. The number of aromatic nitrogens is 6. The molecule has 2 aromatic carbocycles. The molecule has 0 spiro atoms. The van der Waals surface area contributed by atoms with Gasteiger partial charge in [-0.2, -0.15) is 14.5 Å². The van der Waals surface area contributed by atoms with E-state index in [2.05, 4.69) is 15.5 Å². The number of benzene rings is 2. The summed E-state index contributed by atoms with van der Waals surface area (Å²) in [4.78, 5) is 12.4. The maximum Gasteiger partial charge on any atom is 0.368 e. The van der Waals surface area contributed by atoms with Gasteiger partial charge in [-0.25, -0.2) is 9.48 Å². The van der Waals surface area contributed by atoms with Crippen molar-refractivity contribution in [3.63, 3.8) is 0 Å². The van der Waals surface area contributed by atoms with Gasteiger partial charge in [0.05, 0.1) is 34.3 Å². The van der Waals surface area contributed by atoms with E-state index in [0.29, 0.717) is 34.4 Å². The van der Waals surface area contributed by atoms with Crippen LogP contribution in [-0.4, -0.2) is 36.2 Å². The third-order valence-corrected chi connectivity index (χ3v) is 5.19. The van der Waals surface area contributed by atoms with Crippen molar-refractivity contribution in [3.05, 3.63) is 74.9 Å². The molecule has 0 aliphatic heterocycles. The molecule has 0 amide bonds. The second-order valence-corrected chi connectivity index (χ2v) is 7.63. The lowest BCUT2D eigenvalue weighted by Crippen LogP contribution is -2.23. The topological polar surface area (TPSA) is 89.0 Å². The van der Waals surface area contributed by atoms with Crippen LogP contribution in [0, 0.1) is 13.8 Å². The van der Waals surface area contributed by atoms with E-state index in [1.54, 1.807) is 31.3 Å². The molecule has 0 saturated heterocycles. The van der Waals surface area contributed by atoms with Crippen LogP contribution in [-0.2, 0) is 13.7 Å². The molecular weight excluding hydrogens is 432 g/mol. The fourth-order valence-corrected chi connectivity index (χ4v) is 3.66. The number of hydrogen-bond donors (Lipinski definition) is 0. The zero-order chi connectivity index (χ0) is 22.8. The van der Waals surface area contributed by atoms with Gasteiger partial charge in [-0.3, -0.25) is 0 Å². The minimum atomic E-state index is -0.368. The van der Waals surface area contributed by atoms with Crippen LogP contribution in [0.2, 0.25) is 5.02 Å². The first-order chi connectivity index (χ1) is 15.4. The van der Waals surface area contributed by atoms with Crippen molar-refractivity contribution in [2.75, 3.05) is 6.61 Å². The van der Waals surface area contributed by atoms with E-state index in [9.17, 15) is 4.79 Å². The fourth-order valence-electron chi connectivity index (χ4n) is 3.43. The quantitative estimate of drug-likeness (QED) is 0.425. The minimum Gasteiger partial charge on any atom is -0.493 e. The van der Waals surface area contributed by atoms with Gasteiger partial charge in [0.25, 0.3) is 0 Å². The van der Waals surface area contributed by atoms with Gasteiger partial charge in [0.1, 0.15) is 18.1 Å². The van der Waals surface area contributed by atoms with E-state index in [4.69, 9.17) is 21.1 Å². The van der Waals surface area contributed by atoms with Crippen LogP contribution in [0.3, 0.4) is 0 Å². The highest BCUT2D eigenvalue weighted by Crippen LogP contribution is 2.31. The van der Waals surface area contributed by atoms with Crippen LogP contribution in [0.25, 0.3) is 11.4 Å². The average Bonchev–Trinajstić information content (AvgIpc) is 3.28. The van der Waals surface area contributed by atoms with Crippen LogP contribution < -0.4 is 15.2 Å². The molecule has 10 heteroatoms. The molecule has 2 heterocycles. The third-order valence-electron chi connectivity index (χ3n) is 4.90. The van der Waals surface area contributed by atoms with E-state index in [1.807, 2.05) is 43.7 Å². The Morgan fingerprint density at radius 2 is 1.81 bits per heavy atom. The van der Waals surface area contributed by atoms with Gasteiger partial charge in [0.15, 0.2) is 0 Å². The molecule has 0 aliphatic rings. The summed E-state index contributed by atoms with van der Waals surface area (Å²) in [7, 11) is 1.54. The van der Waals surface area contributed by atoms with Gasteiger partial charge in [0, 0.05) is 12.7 Å². The Morgan fingerprint density at radius 1 is 1.00 bits per heavy atom. The van der Waals surface area contributed by atoms with Crippen LogP contribution >= 0.6 is 11.6 Å². The van der Waals surface area contributed by atoms with Gasteiger partial charge >= 0.3 is 5.69 Å². The summed E-state index contributed by atoms with van der Waals surface area (Å²) >= 11 is 6.51. The van der Waals surface area contributed by atoms with Crippen LogP contribution in [0.5, 0.6) is 11.5 Å². The summed E-state index contributed by atoms with van der Waals surface area (Å²) in [5.41, 5.74) is 3.61. The number of ether oxygens (including phenoxy) is 2. The molecule has 0 N–H and O–H groups in total. The standard InChI is InChI=1S/C22H23ClN6O3/c1-5-31-20-8-6-7-19(29-22(30)27(4)25-26-29)17(20)13-32-21-10-9-16(12-18(21)23)28-15(3)11-14(2)24-28/h6-12H,5,13H2,1-4H3. The zero-order valence-corrected chi connectivity index (χ0v) is 19.0. The molecule has 0 unspecified atom stereocenters. The van der Waals surface area contributed by atoms with Gasteiger partial charge in [-0.05, 0) is 67.6 Å². The number of rotatable bonds is 7. The van der Waals surface area contributed by atoms with E-state index in [0.717, 1.165) is 21.8 Å². The summed E-state index contributed by atoms with van der Waals surface area (Å²) in [6.45, 7) is 6.40. The summed E-state index contributed by atoms with van der Waals surface area (Å²) in [6, 6.07) is 12.9.